The predicted molar refractivity (Wildman–Crippen MR) is 97.5 cm³/mol. The van der Waals surface area contributed by atoms with Crippen molar-refractivity contribution in [1.82, 2.24) is 19.6 Å². The zero-order chi connectivity index (χ0) is 18.8. The molecular weight excluding hydrogens is 381 g/mol. The molecule has 0 spiro atoms. The maximum absolute atomic E-state index is 12.7. The molecule has 1 aromatic heterocycles. The molecule has 1 aliphatic heterocycles. The Labute approximate surface area is 160 Å². The van der Waals surface area contributed by atoms with Crippen molar-refractivity contribution < 1.29 is 9.72 Å². The van der Waals surface area contributed by atoms with Gasteiger partial charge in [0, 0.05) is 39.8 Å². The second kappa shape index (κ2) is 7.61. The summed E-state index contributed by atoms with van der Waals surface area (Å²) in [6.07, 6.45) is 1.10. The predicted octanol–water partition coefficient (Wildman–Crippen LogP) is 2.59. The van der Waals surface area contributed by atoms with Gasteiger partial charge in [-0.25, -0.2) is 0 Å². The van der Waals surface area contributed by atoms with Gasteiger partial charge in [0.1, 0.15) is 6.20 Å². The first-order chi connectivity index (χ1) is 12.4. The fraction of sp³-hybridized carbons (Fsp3) is 0.375. The smallest absolute Gasteiger partial charge is 0.320 e. The Balaban J connectivity index is 1.63. The molecule has 0 radical (unpaired) electrons. The maximum Gasteiger partial charge on any atom is 0.320 e. The molecule has 1 aromatic carbocycles. The largest absolute Gasteiger partial charge is 0.335 e. The highest BCUT2D eigenvalue weighted by molar-refractivity contribution is 6.42. The Morgan fingerprint density at radius 1 is 1.23 bits per heavy atom. The number of nitrogens with zero attached hydrogens (tertiary/aromatic N) is 5. The van der Waals surface area contributed by atoms with E-state index in [9.17, 15) is 14.9 Å². The van der Waals surface area contributed by atoms with Crippen molar-refractivity contribution in [2.45, 2.75) is 6.54 Å². The van der Waals surface area contributed by atoms with Crippen molar-refractivity contribution >= 4 is 34.8 Å². The number of piperazine rings is 1. The molecule has 1 amide bonds. The average molecular weight is 398 g/mol. The molecule has 2 aromatic rings. The maximum atomic E-state index is 12.7. The molecule has 1 saturated heterocycles. The molecule has 0 aliphatic carbocycles. The lowest BCUT2D eigenvalue weighted by Crippen LogP contribution is -2.48. The van der Waals surface area contributed by atoms with E-state index >= 15 is 0 Å². The highest BCUT2D eigenvalue weighted by Crippen LogP contribution is 2.24. The number of halogens is 2. The Hall–Kier alpha value is -2.16. The summed E-state index contributed by atoms with van der Waals surface area (Å²) in [4.78, 5) is 27.0. The highest BCUT2D eigenvalue weighted by Gasteiger charge is 2.31. The van der Waals surface area contributed by atoms with Crippen LogP contribution in [0, 0.1) is 10.1 Å². The standard InChI is InChI=1S/C16H17Cl2N5O3/c1-20-15(14(9-19-20)23(25)26)16(24)22-6-4-21(5-7-22)10-11-2-3-12(17)13(18)8-11/h2-3,8-9H,4-7,10H2,1H3. The Morgan fingerprint density at radius 3 is 2.54 bits per heavy atom. The number of rotatable bonds is 4. The lowest BCUT2D eigenvalue weighted by atomic mass is 10.2. The summed E-state index contributed by atoms with van der Waals surface area (Å²) >= 11 is 12.0. The van der Waals surface area contributed by atoms with Crippen molar-refractivity contribution in [3.8, 4) is 0 Å². The molecule has 0 bridgehead atoms. The van der Waals surface area contributed by atoms with Gasteiger partial charge in [-0.3, -0.25) is 24.5 Å². The van der Waals surface area contributed by atoms with Gasteiger partial charge in [0.25, 0.3) is 5.91 Å². The summed E-state index contributed by atoms with van der Waals surface area (Å²) in [5.41, 5.74) is 0.783. The first kappa shape index (κ1) is 18.6. The summed E-state index contributed by atoms with van der Waals surface area (Å²) in [6.45, 7) is 3.00. The van der Waals surface area contributed by atoms with Crippen LogP contribution in [0.5, 0.6) is 0 Å². The molecule has 3 rings (SSSR count). The number of nitro groups is 1. The van der Waals surface area contributed by atoms with Gasteiger partial charge in [0.15, 0.2) is 0 Å². The lowest BCUT2D eigenvalue weighted by molar-refractivity contribution is -0.385. The van der Waals surface area contributed by atoms with Gasteiger partial charge < -0.3 is 4.90 Å². The van der Waals surface area contributed by atoms with Crippen LogP contribution in [0.1, 0.15) is 16.1 Å². The molecular formula is C16H17Cl2N5O3. The van der Waals surface area contributed by atoms with Crippen LogP contribution < -0.4 is 0 Å². The van der Waals surface area contributed by atoms with Crippen LogP contribution in [0.15, 0.2) is 24.4 Å². The van der Waals surface area contributed by atoms with Crippen molar-refractivity contribution in [1.29, 1.82) is 0 Å². The van der Waals surface area contributed by atoms with E-state index in [-0.39, 0.29) is 17.3 Å². The van der Waals surface area contributed by atoms with Crippen molar-refractivity contribution in [3.63, 3.8) is 0 Å². The summed E-state index contributed by atoms with van der Waals surface area (Å²) in [5, 5.41) is 15.9. The average Bonchev–Trinajstić information content (AvgIpc) is 3.00. The number of hydrogen-bond acceptors (Lipinski definition) is 5. The molecule has 138 valence electrons. The van der Waals surface area contributed by atoms with E-state index in [1.54, 1.807) is 11.0 Å². The molecule has 26 heavy (non-hydrogen) atoms. The number of amides is 1. The SMILES string of the molecule is Cn1ncc([N+](=O)[O-])c1C(=O)N1CCN(Cc2ccc(Cl)c(Cl)c2)CC1. The summed E-state index contributed by atoms with van der Waals surface area (Å²) in [6, 6.07) is 5.52. The number of aromatic nitrogens is 2. The van der Waals surface area contributed by atoms with Crippen LogP contribution in [0.2, 0.25) is 10.0 Å². The van der Waals surface area contributed by atoms with E-state index in [1.807, 2.05) is 12.1 Å². The topological polar surface area (TPSA) is 84.5 Å². The summed E-state index contributed by atoms with van der Waals surface area (Å²) in [7, 11) is 1.53. The van der Waals surface area contributed by atoms with Crippen molar-refractivity contribution in [2.75, 3.05) is 26.2 Å². The summed E-state index contributed by atoms with van der Waals surface area (Å²) < 4.78 is 1.25. The minimum Gasteiger partial charge on any atom is -0.335 e. The monoisotopic (exact) mass is 397 g/mol. The second-order valence-electron chi connectivity index (χ2n) is 6.08. The third-order valence-electron chi connectivity index (χ3n) is 4.37. The Bertz CT molecular complexity index is 846. The van der Waals surface area contributed by atoms with Gasteiger partial charge >= 0.3 is 5.69 Å². The van der Waals surface area contributed by atoms with Gasteiger partial charge in [-0.1, -0.05) is 29.3 Å². The Morgan fingerprint density at radius 2 is 1.92 bits per heavy atom. The zero-order valence-corrected chi connectivity index (χ0v) is 15.6. The number of carbonyl (C=O) groups is 1. The summed E-state index contributed by atoms with van der Waals surface area (Å²) in [5.74, 6) is -0.370. The van der Waals surface area contributed by atoms with E-state index in [1.165, 1.54) is 11.7 Å². The third-order valence-corrected chi connectivity index (χ3v) is 5.11. The van der Waals surface area contributed by atoms with Crippen molar-refractivity contribution in [2.24, 2.45) is 7.05 Å². The molecule has 1 fully saturated rings. The number of benzene rings is 1. The van der Waals surface area contributed by atoms with Crippen molar-refractivity contribution in [3.05, 3.63) is 55.8 Å². The Kier molecular flexibility index (Phi) is 5.45. The lowest BCUT2D eigenvalue weighted by Gasteiger charge is -2.34. The quantitative estimate of drug-likeness (QED) is 0.584. The molecule has 1 aliphatic rings. The van der Waals surface area contributed by atoms with Crippen LogP contribution >= 0.6 is 23.2 Å². The van der Waals surface area contributed by atoms with Crippen LogP contribution in [0.4, 0.5) is 5.69 Å². The van der Waals surface area contributed by atoms with Gasteiger partial charge in [-0.05, 0) is 17.7 Å². The third kappa shape index (κ3) is 3.82. The van der Waals surface area contributed by atoms with Crippen LogP contribution in [-0.4, -0.2) is 56.6 Å². The number of carbonyl (C=O) groups excluding carboxylic acids is 1. The molecule has 8 nitrogen and oxygen atoms in total. The molecule has 0 unspecified atom stereocenters. The molecule has 2 heterocycles. The molecule has 0 N–H and O–H groups in total. The first-order valence-electron chi connectivity index (χ1n) is 7.98. The van der Waals surface area contributed by atoms with E-state index in [0.717, 1.165) is 11.8 Å². The molecule has 0 saturated carbocycles. The zero-order valence-electron chi connectivity index (χ0n) is 14.1. The highest BCUT2D eigenvalue weighted by atomic mass is 35.5. The fourth-order valence-corrected chi connectivity index (χ4v) is 3.28. The number of aryl methyl sites for hydroxylation is 1. The molecule has 0 atom stereocenters. The van der Waals surface area contributed by atoms with Crippen LogP contribution in [0.25, 0.3) is 0 Å². The number of hydrogen-bond donors (Lipinski definition) is 0. The molecule has 10 heteroatoms. The van der Waals surface area contributed by atoms with E-state index < -0.39 is 4.92 Å². The van der Waals surface area contributed by atoms with E-state index in [0.29, 0.717) is 42.8 Å². The first-order valence-corrected chi connectivity index (χ1v) is 8.74. The van der Waals surface area contributed by atoms with Gasteiger partial charge in [-0.2, -0.15) is 5.10 Å². The minimum atomic E-state index is -0.583. The minimum absolute atomic E-state index is 0.00735. The van der Waals surface area contributed by atoms with Gasteiger partial charge in [0.05, 0.1) is 15.0 Å². The normalized spacial score (nSPS) is 15.3. The van der Waals surface area contributed by atoms with Crippen LogP contribution in [-0.2, 0) is 13.6 Å². The van der Waals surface area contributed by atoms with E-state index in [4.69, 9.17) is 23.2 Å². The van der Waals surface area contributed by atoms with Gasteiger partial charge in [0.2, 0.25) is 5.69 Å². The van der Waals surface area contributed by atoms with Crippen LogP contribution in [0.3, 0.4) is 0 Å². The fourth-order valence-electron chi connectivity index (χ4n) is 2.96. The second-order valence-corrected chi connectivity index (χ2v) is 6.89. The van der Waals surface area contributed by atoms with Gasteiger partial charge in [-0.15, -0.1) is 0 Å². The van der Waals surface area contributed by atoms with E-state index in [2.05, 4.69) is 10.00 Å².